The molecule has 0 bridgehead atoms. The van der Waals surface area contributed by atoms with Crippen molar-refractivity contribution in [3.63, 3.8) is 0 Å². The number of rotatable bonds is 1. The molecule has 1 heterocycles. The second kappa shape index (κ2) is 3.46. The van der Waals surface area contributed by atoms with Gasteiger partial charge in [0.25, 0.3) is 0 Å². The summed E-state index contributed by atoms with van der Waals surface area (Å²) in [6.45, 7) is 0. The normalized spacial score (nSPS) is 10.2. The van der Waals surface area contributed by atoms with Crippen LogP contribution in [-0.4, -0.2) is 12.4 Å². The predicted molar refractivity (Wildman–Crippen MR) is 66.3 cm³/mol. The maximum atomic E-state index is 6.01. The van der Waals surface area contributed by atoms with E-state index in [-0.39, 0.29) is 0 Å². The van der Waals surface area contributed by atoms with Crippen molar-refractivity contribution in [1.82, 2.24) is 4.57 Å². The van der Waals surface area contributed by atoms with Crippen molar-refractivity contribution in [3.8, 4) is 5.69 Å². The van der Waals surface area contributed by atoms with Crippen LogP contribution in [0.5, 0.6) is 0 Å². The fraction of sp³-hybridized carbons (Fsp3) is 0. The first-order chi connectivity index (χ1) is 7.86. The molecule has 0 saturated carbocycles. The third-order valence-corrected chi connectivity index (χ3v) is 2.61. The molecule has 0 unspecified atom stereocenters. The number of hydrogen-bond donors (Lipinski definition) is 0. The largest absolute Gasteiger partial charge is 0.323 e. The summed E-state index contributed by atoms with van der Waals surface area (Å²) in [7, 11) is 6.01. The van der Waals surface area contributed by atoms with Crippen LogP contribution in [0.3, 0.4) is 0 Å². The average Bonchev–Trinajstić information content (AvgIpc) is 2.66. The van der Waals surface area contributed by atoms with Gasteiger partial charge in [-0.05, 0) is 35.9 Å². The summed E-state index contributed by atoms with van der Waals surface area (Å²) >= 11 is 0. The van der Waals surface area contributed by atoms with Gasteiger partial charge in [0, 0.05) is 11.1 Å². The van der Waals surface area contributed by atoms with E-state index < -0.39 is 0 Å². The average molecular weight is 201 g/mol. The lowest BCUT2D eigenvalue weighted by Gasteiger charge is -2.07. The van der Waals surface area contributed by atoms with Gasteiger partial charge in [0.05, 0.1) is 5.52 Å². The van der Waals surface area contributed by atoms with Crippen LogP contribution in [0.1, 0.15) is 0 Å². The Balaban J connectivity index is 2.35. The number of fused-ring (bicyclic) bond motifs is 1. The molecule has 0 saturated heterocycles. The summed E-state index contributed by atoms with van der Waals surface area (Å²) in [5, 5.41) is 0.990. The molecule has 2 aromatic carbocycles. The molecule has 0 fully saturated rings. The molecule has 0 aliphatic carbocycles. The van der Waals surface area contributed by atoms with E-state index in [9.17, 15) is 0 Å². The fourth-order valence-corrected chi connectivity index (χ4v) is 1.92. The first-order valence-electron chi connectivity index (χ1n) is 5.11. The molecule has 1 aromatic heterocycles. The molecule has 16 heavy (non-hydrogen) atoms. The molecule has 0 aliphatic heterocycles. The van der Waals surface area contributed by atoms with E-state index in [0.717, 1.165) is 22.2 Å². The van der Waals surface area contributed by atoms with Crippen molar-refractivity contribution in [2.75, 3.05) is 0 Å². The molecule has 72 valence electrons. The Morgan fingerprint density at radius 3 is 2.69 bits per heavy atom. The third-order valence-electron chi connectivity index (χ3n) is 2.61. The Morgan fingerprint density at radius 2 is 1.88 bits per heavy atom. The van der Waals surface area contributed by atoms with Crippen molar-refractivity contribution < 1.29 is 0 Å². The summed E-state index contributed by atoms with van der Waals surface area (Å²) in [6, 6.07) is 21.8. The lowest BCUT2D eigenvalue weighted by molar-refractivity contribution is 1.17. The van der Waals surface area contributed by atoms with E-state index in [1.165, 1.54) is 0 Å². The quantitative estimate of drug-likeness (QED) is 0.531. The van der Waals surface area contributed by atoms with Gasteiger partial charge < -0.3 is 4.57 Å². The second-order valence-corrected chi connectivity index (χ2v) is 3.64. The van der Waals surface area contributed by atoms with Gasteiger partial charge >= 0.3 is 0 Å². The molecule has 2 heteroatoms. The topological polar surface area (TPSA) is 4.93 Å². The minimum atomic E-state index is 0.719. The Labute approximate surface area is 95.7 Å². The SMILES string of the molecule is [B]c1cc2c#cccc2n1-c1ccccc1. The summed E-state index contributed by atoms with van der Waals surface area (Å²) in [4.78, 5) is 0. The Hall–Kier alpha value is -2.14. The van der Waals surface area contributed by atoms with Gasteiger partial charge in [-0.3, -0.25) is 0 Å². The van der Waals surface area contributed by atoms with Gasteiger partial charge in [0.2, 0.25) is 0 Å². The molecular formula is C14H8BN. The smallest absolute Gasteiger partial charge is 0.139 e. The van der Waals surface area contributed by atoms with Gasteiger partial charge in [-0.15, -0.1) is 0 Å². The van der Waals surface area contributed by atoms with E-state index >= 15 is 0 Å². The van der Waals surface area contributed by atoms with E-state index in [1.54, 1.807) is 0 Å². The lowest BCUT2D eigenvalue weighted by Crippen LogP contribution is -2.14. The van der Waals surface area contributed by atoms with Crippen LogP contribution in [0.2, 0.25) is 0 Å². The molecule has 0 amide bonds. The first kappa shape index (κ1) is 9.12. The maximum absolute atomic E-state index is 6.01. The standard InChI is InChI=1S/C14H8BN/c15-14-10-11-6-4-5-9-13(11)16(14)12-7-2-1-3-8-12/h1-3,5,7-10H. The Bertz CT molecular complexity index is 626. The van der Waals surface area contributed by atoms with Crippen LogP contribution >= 0.6 is 0 Å². The molecule has 2 radical (unpaired) electrons. The molecule has 3 rings (SSSR count). The molecule has 0 atom stereocenters. The highest BCUT2D eigenvalue weighted by molar-refractivity contribution is 6.33. The zero-order chi connectivity index (χ0) is 11.0. The van der Waals surface area contributed by atoms with Crippen LogP contribution in [0.25, 0.3) is 16.6 Å². The Morgan fingerprint density at radius 1 is 1.06 bits per heavy atom. The minimum absolute atomic E-state index is 0.719. The second-order valence-electron chi connectivity index (χ2n) is 3.64. The van der Waals surface area contributed by atoms with Crippen LogP contribution < -0.4 is 5.59 Å². The zero-order valence-corrected chi connectivity index (χ0v) is 8.64. The van der Waals surface area contributed by atoms with E-state index in [1.807, 2.05) is 53.1 Å². The minimum Gasteiger partial charge on any atom is -0.323 e. The van der Waals surface area contributed by atoms with Crippen molar-refractivity contribution in [1.29, 1.82) is 0 Å². The Kier molecular flexibility index (Phi) is 1.97. The van der Waals surface area contributed by atoms with E-state index in [2.05, 4.69) is 12.1 Å². The first-order valence-corrected chi connectivity index (χ1v) is 5.11. The monoisotopic (exact) mass is 201 g/mol. The highest BCUT2D eigenvalue weighted by Gasteiger charge is 2.05. The molecule has 0 N–H and O–H groups in total. The summed E-state index contributed by atoms with van der Waals surface area (Å²) in [6.07, 6.45) is 0. The fourth-order valence-electron chi connectivity index (χ4n) is 1.92. The van der Waals surface area contributed by atoms with Crippen LogP contribution in [0, 0.1) is 12.1 Å². The predicted octanol–water partition coefficient (Wildman–Crippen LogP) is 2.02. The lowest BCUT2D eigenvalue weighted by atomic mass is 10.0. The van der Waals surface area contributed by atoms with E-state index in [4.69, 9.17) is 7.85 Å². The van der Waals surface area contributed by atoms with Gasteiger partial charge in [0.15, 0.2) is 0 Å². The van der Waals surface area contributed by atoms with Gasteiger partial charge in [-0.2, -0.15) is 0 Å². The number of aromatic nitrogens is 1. The molecule has 0 spiro atoms. The van der Waals surface area contributed by atoms with Crippen molar-refractivity contribution in [3.05, 3.63) is 60.7 Å². The highest BCUT2D eigenvalue weighted by Crippen LogP contribution is 2.16. The number of benzene rings is 1. The van der Waals surface area contributed by atoms with Crippen molar-refractivity contribution in [2.24, 2.45) is 0 Å². The van der Waals surface area contributed by atoms with Crippen molar-refractivity contribution in [2.45, 2.75) is 0 Å². The van der Waals surface area contributed by atoms with Crippen LogP contribution in [-0.2, 0) is 0 Å². The summed E-state index contributed by atoms with van der Waals surface area (Å²) < 4.78 is 2.01. The number of hydrogen-bond acceptors (Lipinski definition) is 0. The van der Waals surface area contributed by atoms with Crippen molar-refractivity contribution >= 4 is 24.3 Å². The van der Waals surface area contributed by atoms with Crippen LogP contribution in [0.15, 0.2) is 48.5 Å². The highest BCUT2D eigenvalue weighted by atomic mass is 15.0. The zero-order valence-electron chi connectivity index (χ0n) is 8.64. The number of para-hydroxylation sites is 1. The number of nitrogens with zero attached hydrogens (tertiary/aromatic N) is 1. The maximum Gasteiger partial charge on any atom is 0.139 e. The molecule has 1 nitrogen and oxygen atoms in total. The molecule has 0 aliphatic rings. The third kappa shape index (κ3) is 1.30. The molecule has 3 aromatic rings. The van der Waals surface area contributed by atoms with Gasteiger partial charge in [0.1, 0.15) is 7.85 Å². The molecular weight excluding hydrogens is 193 g/mol. The van der Waals surface area contributed by atoms with E-state index in [0.29, 0.717) is 0 Å². The van der Waals surface area contributed by atoms with Gasteiger partial charge in [-0.1, -0.05) is 30.3 Å². The van der Waals surface area contributed by atoms with Crippen LogP contribution in [0.4, 0.5) is 0 Å². The summed E-state index contributed by atoms with van der Waals surface area (Å²) in [5.41, 5.74) is 2.84. The van der Waals surface area contributed by atoms with Gasteiger partial charge in [-0.25, -0.2) is 0 Å². The summed E-state index contributed by atoms with van der Waals surface area (Å²) in [5.74, 6) is 0.